The van der Waals surface area contributed by atoms with Gasteiger partial charge in [-0.1, -0.05) is 38.4 Å². The van der Waals surface area contributed by atoms with Crippen molar-refractivity contribution < 1.29 is 0 Å². The summed E-state index contributed by atoms with van der Waals surface area (Å²) in [5.74, 6) is 0.760. The lowest BCUT2D eigenvalue weighted by Crippen LogP contribution is -2.41. The molecule has 112 valence electrons. The van der Waals surface area contributed by atoms with Gasteiger partial charge < -0.3 is 10.2 Å². The predicted molar refractivity (Wildman–Crippen MR) is 88.6 cm³/mol. The van der Waals surface area contributed by atoms with Crippen LogP contribution in [0.5, 0.6) is 0 Å². The zero-order valence-corrected chi connectivity index (χ0v) is 13.9. The van der Waals surface area contributed by atoms with Gasteiger partial charge >= 0.3 is 0 Å². The van der Waals surface area contributed by atoms with Crippen molar-refractivity contribution in [2.24, 2.45) is 5.92 Å². The van der Waals surface area contributed by atoms with Gasteiger partial charge in [-0.15, -0.1) is 0 Å². The van der Waals surface area contributed by atoms with Crippen LogP contribution in [0.2, 0.25) is 5.02 Å². The Balaban J connectivity index is 2.25. The molecular formula is C17H27ClN2. The van der Waals surface area contributed by atoms with E-state index in [1.807, 2.05) is 6.07 Å². The highest BCUT2D eigenvalue weighted by Crippen LogP contribution is 2.32. The molecule has 20 heavy (non-hydrogen) atoms. The molecule has 1 aromatic rings. The van der Waals surface area contributed by atoms with E-state index < -0.39 is 0 Å². The van der Waals surface area contributed by atoms with Crippen LogP contribution < -0.4 is 10.2 Å². The summed E-state index contributed by atoms with van der Waals surface area (Å²) >= 11 is 6.24. The molecule has 0 spiro atoms. The first-order valence-electron chi connectivity index (χ1n) is 7.75. The zero-order valence-electron chi connectivity index (χ0n) is 13.1. The summed E-state index contributed by atoms with van der Waals surface area (Å²) in [5, 5.41) is 4.35. The first-order chi connectivity index (χ1) is 9.47. The molecule has 1 aromatic carbocycles. The first-order valence-corrected chi connectivity index (χ1v) is 8.13. The summed E-state index contributed by atoms with van der Waals surface area (Å²) in [6.07, 6.45) is 2.60. The first kappa shape index (κ1) is 15.7. The molecule has 0 bridgehead atoms. The van der Waals surface area contributed by atoms with Gasteiger partial charge in [0.05, 0.1) is 0 Å². The maximum atomic E-state index is 6.24. The number of rotatable bonds is 4. The summed E-state index contributed by atoms with van der Waals surface area (Å²) in [7, 11) is 0. The highest BCUT2D eigenvalue weighted by Gasteiger charge is 2.24. The molecule has 1 heterocycles. The monoisotopic (exact) mass is 294 g/mol. The number of halogens is 1. The Bertz CT molecular complexity index is 445. The van der Waals surface area contributed by atoms with Crippen molar-refractivity contribution in [1.29, 1.82) is 0 Å². The SMILES string of the molecule is CC1CCC(C)N(c2cc(Cl)ccc2CNC(C)C)C1. The normalized spacial score (nSPS) is 23.4. The fourth-order valence-electron chi connectivity index (χ4n) is 2.89. The van der Waals surface area contributed by atoms with Gasteiger partial charge in [-0.05, 0) is 43.4 Å². The second kappa shape index (κ2) is 6.82. The number of benzene rings is 1. The van der Waals surface area contributed by atoms with Crippen LogP contribution in [0.15, 0.2) is 18.2 Å². The highest BCUT2D eigenvalue weighted by molar-refractivity contribution is 6.30. The molecule has 0 amide bonds. The lowest BCUT2D eigenvalue weighted by atomic mass is 9.93. The molecule has 1 fully saturated rings. The number of hydrogen-bond donors (Lipinski definition) is 1. The third-order valence-corrected chi connectivity index (χ3v) is 4.41. The van der Waals surface area contributed by atoms with Gasteiger partial charge in [0.2, 0.25) is 0 Å². The minimum atomic E-state index is 0.497. The summed E-state index contributed by atoms with van der Waals surface area (Å²) in [6, 6.07) is 7.39. The molecule has 1 aliphatic heterocycles. The average Bonchev–Trinajstić information content (AvgIpc) is 2.40. The van der Waals surface area contributed by atoms with Crippen molar-refractivity contribution in [2.75, 3.05) is 11.4 Å². The quantitative estimate of drug-likeness (QED) is 0.882. The van der Waals surface area contributed by atoms with Crippen LogP contribution in [0.25, 0.3) is 0 Å². The maximum absolute atomic E-state index is 6.24. The average molecular weight is 295 g/mol. The number of anilines is 1. The van der Waals surface area contributed by atoms with Crippen LogP contribution in [0.3, 0.4) is 0 Å². The van der Waals surface area contributed by atoms with Crippen molar-refractivity contribution in [3.63, 3.8) is 0 Å². The van der Waals surface area contributed by atoms with E-state index in [0.717, 1.165) is 24.0 Å². The molecule has 1 N–H and O–H groups in total. The highest BCUT2D eigenvalue weighted by atomic mass is 35.5. The maximum Gasteiger partial charge on any atom is 0.0429 e. The summed E-state index contributed by atoms with van der Waals surface area (Å²) < 4.78 is 0. The molecule has 1 aliphatic rings. The smallest absolute Gasteiger partial charge is 0.0429 e. The lowest BCUT2D eigenvalue weighted by Gasteiger charge is -2.39. The second-order valence-corrected chi connectivity index (χ2v) is 6.93. The Morgan fingerprint density at radius 2 is 2.05 bits per heavy atom. The van der Waals surface area contributed by atoms with Gasteiger partial charge in [0, 0.05) is 35.9 Å². The summed E-state index contributed by atoms with van der Waals surface area (Å²) in [4.78, 5) is 2.54. The van der Waals surface area contributed by atoms with Crippen LogP contribution in [0.1, 0.15) is 46.1 Å². The Kier molecular flexibility index (Phi) is 5.34. The van der Waals surface area contributed by atoms with Crippen molar-refractivity contribution in [3.8, 4) is 0 Å². The molecule has 0 radical (unpaired) electrons. The third-order valence-electron chi connectivity index (χ3n) is 4.18. The van der Waals surface area contributed by atoms with E-state index in [-0.39, 0.29) is 0 Å². The molecule has 0 aromatic heterocycles. The molecule has 1 saturated heterocycles. The second-order valence-electron chi connectivity index (χ2n) is 6.49. The van der Waals surface area contributed by atoms with Gasteiger partial charge in [-0.3, -0.25) is 0 Å². The van der Waals surface area contributed by atoms with E-state index >= 15 is 0 Å². The summed E-state index contributed by atoms with van der Waals surface area (Å²) in [5.41, 5.74) is 2.66. The van der Waals surface area contributed by atoms with E-state index in [4.69, 9.17) is 11.6 Å². The molecule has 0 aliphatic carbocycles. The van der Waals surface area contributed by atoms with E-state index in [2.05, 4.69) is 50.0 Å². The van der Waals surface area contributed by atoms with Crippen LogP contribution in [-0.4, -0.2) is 18.6 Å². The van der Waals surface area contributed by atoms with Crippen molar-refractivity contribution >= 4 is 17.3 Å². The Hall–Kier alpha value is -0.730. The van der Waals surface area contributed by atoms with Gasteiger partial charge in [0.25, 0.3) is 0 Å². The van der Waals surface area contributed by atoms with Crippen molar-refractivity contribution in [3.05, 3.63) is 28.8 Å². The molecule has 2 atom stereocenters. The fraction of sp³-hybridized carbons (Fsp3) is 0.647. The van der Waals surface area contributed by atoms with E-state index in [9.17, 15) is 0 Å². The van der Waals surface area contributed by atoms with Gasteiger partial charge in [-0.2, -0.15) is 0 Å². The van der Waals surface area contributed by atoms with Crippen LogP contribution in [0, 0.1) is 5.92 Å². The van der Waals surface area contributed by atoms with E-state index in [1.54, 1.807) is 0 Å². The molecule has 2 rings (SSSR count). The standard InChI is InChI=1S/C17H27ClN2/c1-12(2)19-10-15-7-8-16(18)9-17(15)20-11-13(3)5-6-14(20)4/h7-9,12-14,19H,5-6,10-11H2,1-4H3. The lowest BCUT2D eigenvalue weighted by molar-refractivity contribution is 0.389. The topological polar surface area (TPSA) is 15.3 Å². The molecule has 2 unspecified atom stereocenters. The zero-order chi connectivity index (χ0) is 14.7. The molecular weight excluding hydrogens is 268 g/mol. The van der Waals surface area contributed by atoms with Crippen molar-refractivity contribution in [1.82, 2.24) is 5.32 Å². The Labute approximate surface area is 128 Å². The number of hydrogen-bond acceptors (Lipinski definition) is 2. The van der Waals surface area contributed by atoms with Crippen molar-refractivity contribution in [2.45, 2.75) is 59.2 Å². The van der Waals surface area contributed by atoms with E-state index in [1.165, 1.54) is 24.1 Å². The largest absolute Gasteiger partial charge is 0.368 e. The molecule has 3 heteroatoms. The van der Waals surface area contributed by atoms with Crippen LogP contribution in [0.4, 0.5) is 5.69 Å². The number of nitrogens with zero attached hydrogens (tertiary/aromatic N) is 1. The molecule has 2 nitrogen and oxygen atoms in total. The third kappa shape index (κ3) is 3.89. The summed E-state index contributed by atoms with van der Waals surface area (Å²) in [6.45, 7) is 11.1. The minimum Gasteiger partial charge on any atom is -0.368 e. The predicted octanol–water partition coefficient (Wildman–Crippen LogP) is 4.46. The Morgan fingerprint density at radius 1 is 1.30 bits per heavy atom. The minimum absolute atomic E-state index is 0.497. The fourth-order valence-corrected chi connectivity index (χ4v) is 3.06. The van der Waals surface area contributed by atoms with Gasteiger partial charge in [0.15, 0.2) is 0 Å². The van der Waals surface area contributed by atoms with Gasteiger partial charge in [-0.25, -0.2) is 0 Å². The Morgan fingerprint density at radius 3 is 2.75 bits per heavy atom. The van der Waals surface area contributed by atoms with Gasteiger partial charge in [0.1, 0.15) is 0 Å². The van der Waals surface area contributed by atoms with Crippen LogP contribution >= 0.6 is 11.6 Å². The number of piperidine rings is 1. The van der Waals surface area contributed by atoms with Crippen LogP contribution in [-0.2, 0) is 6.54 Å². The molecule has 0 saturated carbocycles. The number of nitrogens with one attached hydrogen (secondary N) is 1. The van der Waals surface area contributed by atoms with E-state index in [0.29, 0.717) is 12.1 Å².